The third-order valence-corrected chi connectivity index (χ3v) is 17.5. The van der Waals surface area contributed by atoms with Crippen molar-refractivity contribution in [2.45, 2.75) is 227 Å². The van der Waals surface area contributed by atoms with E-state index in [1.54, 1.807) is 5.70 Å². The Kier molecular flexibility index (Phi) is 8.40. The van der Waals surface area contributed by atoms with E-state index in [-0.39, 0.29) is 5.54 Å². The average Bonchev–Trinajstić information content (AvgIpc) is 3.34. The summed E-state index contributed by atoms with van der Waals surface area (Å²) in [6, 6.07) is 5.41. The lowest BCUT2D eigenvalue weighted by Gasteiger charge is -2.68. The highest BCUT2D eigenvalue weighted by Crippen LogP contribution is 2.70. The topological polar surface area (TPSA) is 9.72 Å². The largest absolute Gasteiger partial charge is 0.369 e. The van der Waals surface area contributed by atoms with Crippen molar-refractivity contribution in [1.29, 1.82) is 0 Å². The molecule has 0 aromatic carbocycles. The van der Waals surface area contributed by atoms with E-state index in [1.807, 2.05) is 5.57 Å². The standard InChI is InChI=1S/C45H68BN3/c1-44(2)45(29-13-6-14-30-45)36-23-15-24-38-43(36)49(44)40-26-16-25-39-42(40)46(38)37-28-27-35(31-41(37)48(39)34-21-11-5-12-22-34)47(32-17-7-3-8-18-32)33-19-9-4-10-20-33/h3,7,15,19,23-24,32,34-35,37-43H,4-6,8-14,16-18,20-22,25-31H2,1-2H3. The second-order valence-electron chi connectivity index (χ2n) is 19.6. The summed E-state index contributed by atoms with van der Waals surface area (Å²) in [4.78, 5) is 9.79. The van der Waals surface area contributed by atoms with Crippen molar-refractivity contribution in [3.63, 3.8) is 0 Å². The number of fused-ring (bicyclic) bond motifs is 5. The summed E-state index contributed by atoms with van der Waals surface area (Å²) in [5, 5.41) is 0. The first-order valence-electron chi connectivity index (χ1n) is 22.2. The van der Waals surface area contributed by atoms with Gasteiger partial charge in [0, 0.05) is 58.9 Å². The molecule has 1 spiro atoms. The van der Waals surface area contributed by atoms with E-state index in [2.05, 4.69) is 65.0 Å². The van der Waals surface area contributed by atoms with Gasteiger partial charge in [-0.2, -0.15) is 0 Å². The van der Waals surface area contributed by atoms with E-state index >= 15 is 0 Å². The van der Waals surface area contributed by atoms with Gasteiger partial charge in [0.2, 0.25) is 0 Å². The van der Waals surface area contributed by atoms with Crippen LogP contribution in [0.3, 0.4) is 0 Å². The lowest BCUT2D eigenvalue weighted by Crippen LogP contribution is -2.74. The minimum Gasteiger partial charge on any atom is -0.369 e. The fourth-order valence-electron chi connectivity index (χ4n) is 15.8. The molecule has 0 aromatic heterocycles. The maximum atomic E-state index is 3.39. The van der Waals surface area contributed by atoms with E-state index < -0.39 is 0 Å². The maximum absolute atomic E-state index is 3.39. The van der Waals surface area contributed by atoms with Gasteiger partial charge in [-0.15, -0.1) is 0 Å². The van der Waals surface area contributed by atoms with Gasteiger partial charge in [0.1, 0.15) is 0 Å². The van der Waals surface area contributed by atoms with Gasteiger partial charge in [0.25, 0.3) is 0 Å². The van der Waals surface area contributed by atoms with Crippen molar-refractivity contribution in [3.8, 4) is 0 Å². The Morgan fingerprint density at radius 3 is 2.39 bits per heavy atom. The molecule has 49 heavy (non-hydrogen) atoms. The predicted octanol–water partition coefficient (Wildman–Crippen LogP) is 10.9. The van der Waals surface area contributed by atoms with Gasteiger partial charge in [-0.1, -0.05) is 87.8 Å². The zero-order valence-corrected chi connectivity index (χ0v) is 31.4. The maximum Gasteiger partial charge on any atom is 0.161 e. The van der Waals surface area contributed by atoms with Gasteiger partial charge >= 0.3 is 0 Å². The fourth-order valence-corrected chi connectivity index (χ4v) is 15.8. The normalized spacial score (nSPS) is 43.0. The van der Waals surface area contributed by atoms with E-state index in [0.717, 1.165) is 60.4 Å². The van der Waals surface area contributed by atoms with Crippen LogP contribution in [0.2, 0.25) is 17.5 Å². The first kappa shape index (κ1) is 32.4. The predicted molar refractivity (Wildman–Crippen MR) is 206 cm³/mol. The minimum atomic E-state index is 0.276. The van der Waals surface area contributed by atoms with Crippen LogP contribution in [0.5, 0.6) is 0 Å². The first-order chi connectivity index (χ1) is 24.1. The number of allylic oxidation sites excluding steroid dienone is 5. The summed E-state index contributed by atoms with van der Waals surface area (Å²) in [6.07, 6.45) is 48.6. The van der Waals surface area contributed by atoms with Crippen molar-refractivity contribution in [2.75, 3.05) is 0 Å². The van der Waals surface area contributed by atoms with Gasteiger partial charge in [-0.25, -0.2) is 0 Å². The SMILES string of the molecule is CC1(C)N2C3CCCC4C3B(C3C=CC=C(C32)C12CCCCC2)C1CCC(N(C2=CCCCC2)C2CC=CCC2)CC1N4C1CCCCC1. The van der Waals surface area contributed by atoms with E-state index in [4.69, 9.17) is 0 Å². The number of nitrogens with zero attached hydrogens (tertiary/aromatic N) is 3. The fraction of sp³-hybridized carbons (Fsp3) is 0.822. The minimum absolute atomic E-state index is 0.276. The Hall–Kier alpha value is -1.26. The Morgan fingerprint density at radius 1 is 0.755 bits per heavy atom. The molecule has 0 N–H and O–H groups in total. The van der Waals surface area contributed by atoms with Crippen molar-refractivity contribution in [3.05, 3.63) is 47.7 Å². The Morgan fingerprint density at radius 2 is 1.59 bits per heavy atom. The molecule has 9 unspecified atom stereocenters. The van der Waals surface area contributed by atoms with Crippen LogP contribution in [-0.4, -0.2) is 69.2 Å². The molecule has 266 valence electrons. The van der Waals surface area contributed by atoms with Gasteiger partial charge in [-0.05, 0) is 133 Å². The van der Waals surface area contributed by atoms with Crippen LogP contribution in [0.15, 0.2) is 47.7 Å². The highest BCUT2D eigenvalue weighted by Gasteiger charge is 2.71. The van der Waals surface area contributed by atoms with Crippen molar-refractivity contribution < 1.29 is 0 Å². The summed E-state index contributed by atoms with van der Waals surface area (Å²) >= 11 is 0. The molecular formula is C45H68BN3. The summed E-state index contributed by atoms with van der Waals surface area (Å²) in [5.74, 6) is 2.49. The molecule has 0 aromatic rings. The molecule has 3 saturated heterocycles. The second-order valence-corrected chi connectivity index (χ2v) is 19.6. The van der Waals surface area contributed by atoms with Crippen LogP contribution in [-0.2, 0) is 0 Å². The van der Waals surface area contributed by atoms with Crippen molar-refractivity contribution >= 4 is 6.71 Å². The highest BCUT2D eigenvalue weighted by atomic mass is 15.3. The Labute approximate surface area is 300 Å². The van der Waals surface area contributed by atoms with Crippen LogP contribution in [0.25, 0.3) is 0 Å². The zero-order chi connectivity index (χ0) is 32.7. The van der Waals surface area contributed by atoms with E-state index in [0.29, 0.717) is 11.5 Å². The molecule has 10 rings (SSSR count). The summed E-state index contributed by atoms with van der Waals surface area (Å²) in [6.45, 7) is 6.36. The Balaban J connectivity index is 1.05. The van der Waals surface area contributed by atoms with Crippen LogP contribution in [0, 0.1) is 5.41 Å². The zero-order valence-electron chi connectivity index (χ0n) is 31.4. The van der Waals surface area contributed by atoms with Crippen molar-refractivity contribution in [2.24, 2.45) is 5.41 Å². The third kappa shape index (κ3) is 4.86. The molecule has 4 heteroatoms. The molecule has 9 atom stereocenters. The molecule has 3 aliphatic heterocycles. The summed E-state index contributed by atoms with van der Waals surface area (Å²) in [7, 11) is 0. The lowest BCUT2D eigenvalue weighted by atomic mass is 9.19. The van der Waals surface area contributed by atoms with Gasteiger partial charge in [0.05, 0.1) is 0 Å². The van der Waals surface area contributed by atoms with Crippen molar-refractivity contribution in [1.82, 2.24) is 14.7 Å². The molecule has 0 bridgehead atoms. The highest BCUT2D eigenvalue weighted by molar-refractivity contribution is 6.66. The Bertz CT molecular complexity index is 1360. The molecule has 4 saturated carbocycles. The monoisotopic (exact) mass is 662 g/mol. The molecule has 3 heterocycles. The summed E-state index contributed by atoms with van der Waals surface area (Å²) < 4.78 is 0. The van der Waals surface area contributed by atoms with Gasteiger partial charge in [0.15, 0.2) is 6.71 Å². The molecule has 7 fully saturated rings. The van der Waals surface area contributed by atoms with Gasteiger partial charge in [-0.3, -0.25) is 9.80 Å². The molecule has 0 radical (unpaired) electrons. The van der Waals surface area contributed by atoms with Crippen LogP contribution < -0.4 is 0 Å². The molecule has 7 aliphatic carbocycles. The smallest absolute Gasteiger partial charge is 0.161 e. The van der Waals surface area contributed by atoms with E-state index in [9.17, 15) is 0 Å². The average molecular weight is 662 g/mol. The van der Waals surface area contributed by atoms with Crippen LogP contribution >= 0.6 is 0 Å². The third-order valence-electron chi connectivity index (χ3n) is 17.5. The number of hydrogen-bond donors (Lipinski definition) is 0. The molecule has 3 nitrogen and oxygen atoms in total. The molecule has 10 aliphatic rings. The lowest BCUT2D eigenvalue weighted by molar-refractivity contribution is -0.0637. The molecular weight excluding hydrogens is 593 g/mol. The van der Waals surface area contributed by atoms with E-state index in [1.165, 1.54) is 148 Å². The summed E-state index contributed by atoms with van der Waals surface area (Å²) in [5.41, 5.74) is 4.35. The van der Waals surface area contributed by atoms with Crippen LogP contribution in [0.1, 0.15) is 162 Å². The van der Waals surface area contributed by atoms with Crippen LogP contribution in [0.4, 0.5) is 0 Å². The second kappa shape index (κ2) is 12.7. The molecule has 0 amide bonds. The first-order valence-corrected chi connectivity index (χ1v) is 22.2. The van der Waals surface area contributed by atoms with Gasteiger partial charge < -0.3 is 4.90 Å². The number of hydrogen-bond acceptors (Lipinski definition) is 3. The quantitative estimate of drug-likeness (QED) is 0.219. The number of rotatable bonds is 4.